The largest absolute Gasteiger partial charge is 0.352 e. The van der Waals surface area contributed by atoms with Crippen molar-refractivity contribution in [3.05, 3.63) is 83.6 Å². The average Bonchev–Trinajstić information content (AvgIpc) is 3.25. The molecule has 4 heteroatoms. The zero-order valence-electron chi connectivity index (χ0n) is 12.6. The highest BCUT2D eigenvalue weighted by Crippen LogP contribution is 2.33. The molecule has 1 atom stereocenters. The van der Waals surface area contributed by atoms with Crippen molar-refractivity contribution in [2.24, 2.45) is 0 Å². The maximum absolute atomic E-state index is 6.29. The van der Waals surface area contributed by atoms with Crippen LogP contribution in [0.3, 0.4) is 0 Å². The maximum Gasteiger partial charge on any atom is 0.158 e. The van der Waals surface area contributed by atoms with Gasteiger partial charge in [0.15, 0.2) is 6.23 Å². The van der Waals surface area contributed by atoms with Gasteiger partial charge in [-0.1, -0.05) is 41.9 Å². The molecule has 0 spiro atoms. The second-order valence-electron chi connectivity index (χ2n) is 5.56. The maximum atomic E-state index is 6.29. The number of aromatic nitrogens is 1. The quantitative estimate of drug-likeness (QED) is 0.696. The van der Waals surface area contributed by atoms with E-state index in [0.29, 0.717) is 0 Å². The van der Waals surface area contributed by atoms with Gasteiger partial charge in [0, 0.05) is 30.2 Å². The van der Waals surface area contributed by atoms with Crippen molar-refractivity contribution in [2.45, 2.75) is 6.23 Å². The van der Waals surface area contributed by atoms with Crippen LogP contribution in [-0.2, 0) is 4.74 Å². The van der Waals surface area contributed by atoms with Crippen molar-refractivity contribution in [3.8, 4) is 5.69 Å². The summed E-state index contributed by atoms with van der Waals surface area (Å²) >= 11 is 6.29. The molecule has 1 aliphatic heterocycles. The van der Waals surface area contributed by atoms with Gasteiger partial charge in [-0.25, -0.2) is 0 Å². The van der Waals surface area contributed by atoms with Crippen LogP contribution in [0.1, 0.15) is 11.8 Å². The van der Waals surface area contributed by atoms with E-state index in [2.05, 4.69) is 41.4 Å². The van der Waals surface area contributed by atoms with Gasteiger partial charge in [0.05, 0.1) is 17.3 Å². The SMILES string of the molecule is Clc1ccccc1-n1ccc([C@@H]2OCCN2c2ccccc2)c1. The van der Waals surface area contributed by atoms with Crippen LogP contribution in [0, 0.1) is 0 Å². The lowest BCUT2D eigenvalue weighted by molar-refractivity contribution is 0.114. The standard InChI is InChI=1S/C19H17ClN2O/c20-17-8-4-5-9-18(17)21-11-10-15(14-21)19-22(12-13-23-19)16-6-2-1-3-7-16/h1-11,14,19H,12-13H2/t19-/m0/s1. The van der Waals surface area contributed by atoms with Crippen LogP contribution < -0.4 is 4.90 Å². The van der Waals surface area contributed by atoms with Gasteiger partial charge in [-0.2, -0.15) is 0 Å². The number of benzene rings is 2. The number of rotatable bonds is 3. The van der Waals surface area contributed by atoms with E-state index in [1.807, 2.05) is 41.1 Å². The van der Waals surface area contributed by atoms with Crippen molar-refractivity contribution in [1.29, 1.82) is 0 Å². The normalized spacial score (nSPS) is 17.6. The zero-order valence-corrected chi connectivity index (χ0v) is 13.4. The molecular formula is C19H17ClN2O. The molecule has 2 aromatic carbocycles. The summed E-state index contributed by atoms with van der Waals surface area (Å²) in [5.74, 6) is 0. The number of ether oxygens (including phenoxy) is 1. The third-order valence-corrected chi connectivity index (χ3v) is 4.43. The highest BCUT2D eigenvalue weighted by Gasteiger charge is 2.27. The second-order valence-corrected chi connectivity index (χ2v) is 5.96. The van der Waals surface area contributed by atoms with Crippen molar-refractivity contribution in [1.82, 2.24) is 4.57 Å². The predicted molar refractivity (Wildman–Crippen MR) is 93.3 cm³/mol. The topological polar surface area (TPSA) is 17.4 Å². The van der Waals surface area contributed by atoms with E-state index in [9.17, 15) is 0 Å². The lowest BCUT2D eigenvalue weighted by atomic mass is 10.2. The fraction of sp³-hybridized carbons (Fsp3) is 0.158. The summed E-state index contributed by atoms with van der Waals surface area (Å²) in [6, 6.07) is 20.3. The van der Waals surface area contributed by atoms with Crippen LogP contribution in [-0.4, -0.2) is 17.7 Å². The third-order valence-electron chi connectivity index (χ3n) is 4.11. The highest BCUT2D eigenvalue weighted by molar-refractivity contribution is 6.32. The molecule has 1 fully saturated rings. The average molecular weight is 325 g/mol. The molecule has 0 bridgehead atoms. The first kappa shape index (κ1) is 14.4. The third kappa shape index (κ3) is 2.74. The van der Waals surface area contributed by atoms with Crippen LogP contribution in [0.15, 0.2) is 73.1 Å². The van der Waals surface area contributed by atoms with Gasteiger partial charge >= 0.3 is 0 Å². The summed E-state index contributed by atoms with van der Waals surface area (Å²) in [6.07, 6.45) is 4.07. The summed E-state index contributed by atoms with van der Waals surface area (Å²) in [5.41, 5.74) is 3.29. The molecule has 23 heavy (non-hydrogen) atoms. The van der Waals surface area contributed by atoms with Gasteiger partial charge in [-0.3, -0.25) is 0 Å². The van der Waals surface area contributed by atoms with Crippen LogP contribution in [0.5, 0.6) is 0 Å². The Hall–Kier alpha value is -2.23. The Bertz CT molecular complexity index is 800. The Balaban J connectivity index is 1.65. The van der Waals surface area contributed by atoms with E-state index in [1.165, 1.54) is 5.69 Å². The van der Waals surface area contributed by atoms with Crippen molar-refractivity contribution < 1.29 is 4.74 Å². The van der Waals surface area contributed by atoms with Crippen molar-refractivity contribution >= 4 is 17.3 Å². The first-order valence-electron chi connectivity index (χ1n) is 7.69. The molecule has 0 N–H and O–H groups in total. The smallest absolute Gasteiger partial charge is 0.158 e. The van der Waals surface area contributed by atoms with Crippen LogP contribution in [0.4, 0.5) is 5.69 Å². The molecule has 1 saturated heterocycles. The van der Waals surface area contributed by atoms with E-state index < -0.39 is 0 Å². The van der Waals surface area contributed by atoms with Crippen molar-refractivity contribution in [3.63, 3.8) is 0 Å². The molecule has 0 saturated carbocycles. The molecule has 0 amide bonds. The summed E-state index contributed by atoms with van der Waals surface area (Å²) in [5, 5.41) is 0.738. The van der Waals surface area contributed by atoms with Gasteiger partial charge in [-0.15, -0.1) is 0 Å². The Morgan fingerprint density at radius 2 is 1.74 bits per heavy atom. The number of halogens is 1. The minimum absolute atomic E-state index is 0.0545. The number of anilines is 1. The fourth-order valence-corrected chi connectivity index (χ4v) is 3.23. The Labute approximate surface area is 140 Å². The summed E-state index contributed by atoms with van der Waals surface area (Å²) in [7, 11) is 0. The first-order valence-corrected chi connectivity index (χ1v) is 8.07. The minimum Gasteiger partial charge on any atom is -0.352 e. The number of nitrogens with zero attached hydrogens (tertiary/aromatic N) is 2. The van der Waals surface area contributed by atoms with E-state index >= 15 is 0 Å². The molecule has 116 valence electrons. The Morgan fingerprint density at radius 3 is 2.57 bits per heavy atom. The molecule has 0 unspecified atom stereocenters. The van der Waals surface area contributed by atoms with E-state index in [0.717, 1.165) is 29.4 Å². The van der Waals surface area contributed by atoms with Gasteiger partial charge in [0.2, 0.25) is 0 Å². The summed E-state index contributed by atoms with van der Waals surface area (Å²) < 4.78 is 8.01. The number of para-hydroxylation sites is 2. The summed E-state index contributed by atoms with van der Waals surface area (Å²) in [4.78, 5) is 2.28. The van der Waals surface area contributed by atoms with E-state index in [-0.39, 0.29) is 6.23 Å². The molecule has 4 rings (SSSR count). The van der Waals surface area contributed by atoms with Crippen LogP contribution in [0.25, 0.3) is 5.69 Å². The molecule has 3 aromatic rings. The molecule has 1 aromatic heterocycles. The van der Waals surface area contributed by atoms with E-state index in [1.54, 1.807) is 0 Å². The monoisotopic (exact) mass is 324 g/mol. The predicted octanol–water partition coefficient (Wildman–Crippen LogP) is 4.67. The van der Waals surface area contributed by atoms with Gasteiger partial charge in [0.1, 0.15) is 0 Å². The van der Waals surface area contributed by atoms with E-state index in [4.69, 9.17) is 16.3 Å². The highest BCUT2D eigenvalue weighted by atomic mass is 35.5. The van der Waals surface area contributed by atoms with Gasteiger partial charge < -0.3 is 14.2 Å². The number of hydrogen-bond donors (Lipinski definition) is 0. The van der Waals surface area contributed by atoms with Crippen LogP contribution >= 0.6 is 11.6 Å². The van der Waals surface area contributed by atoms with Crippen LogP contribution in [0.2, 0.25) is 5.02 Å². The van der Waals surface area contributed by atoms with Gasteiger partial charge in [0.25, 0.3) is 0 Å². The second kappa shape index (κ2) is 6.11. The first-order chi connectivity index (χ1) is 11.3. The molecule has 0 aliphatic carbocycles. The Morgan fingerprint density at radius 1 is 0.957 bits per heavy atom. The zero-order chi connectivity index (χ0) is 15.6. The van der Waals surface area contributed by atoms with Crippen molar-refractivity contribution in [2.75, 3.05) is 18.1 Å². The lowest BCUT2D eigenvalue weighted by Gasteiger charge is -2.24. The molecule has 2 heterocycles. The molecule has 1 aliphatic rings. The Kier molecular flexibility index (Phi) is 3.82. The molecule has 0 radical (unpaired) electrons. The number of hydrogen-bond acceptors (Lipinski definition) is 2. The fourth-order valence-electron chi connectivity index (χ4n) is 3.00. The lowest BCUT2D eigenvalue weighted by Crippen LogP contribution is -2.22. The molecular weight excluding hydrogens is 308 g/mol. The van der Waals surface area contributed by atoms with Gasteiger partial charge in [-0.05, 0) is 30.3 Å². The molecule has 3 nitrogen and oxygen atoms in total. The summed E-state index contributed by atoms with van der Waals surface area (Å²) in [6.45, 7) is 1.63. The minimum atomic E-state index is -0.0545.